The molecule has 0 spiro atoms. The molecule has 0 aliphatic carbocycles. The maximum atomic E-state index is 13.1. The highest BCUT2D eigenvalue weighted by Gasteiger charge is 2.20. The number of fused-ring (bicyclic) bond motifs is 1. The second-order valence-corrected chi connectivity index (χ2v) is 5.37. The fourth-order valence-corrected chi connectivity index (χ4v) is 2.83. The summed E-state index contributed by atoms with van der Waals surface area (Å²) < 4.78 is 26.5. The number of carbonyl (C=O) groups excluding carboxylic acids is 1. The third-order valence-corrected chi connectivity index (χ3v) is 3.86. The van der Waals surface area contributed by atoms with Crippen molar-refractivity contribution in [3.8, 4) is 5.75 Å². The van der Waals surface area contributed by atoms with Gasteiger partial charge in [0.25, 0.3) is 11.5 Å². The Labute approximate surface area is 125 Å². The molecule has 112 valence electrons. The minimum Gasteiger partial charge on any atom is -0.505 e. The van der Waals surface area contributed by atoms with Crippen molar-refractivity contribution < 1.29 is 18.7 Å². The van der Waals surface area contributed by atoms with E-state index in [1.54, 1.807) is 11.4 Å². The Bertz CT molecular complexity index is 929. The van der Waals surface area contributed by atoms with Gasteiger partial charge in [-0.25, -0.2) is 8.78 Å². The number of hydrogen-bond donors (Lipinski definition) is 3. The Morgan fingerprint density at radius 2 is 1.91 bits per heavy atom. The maximum absolute atomic E-state index is 13.1. The van der Waals surface area contributed by atoms with Crippen LogP contribution < -0.4 is 10.9 Å². The van der Waals surface area contributed by atoms with Crippen molar-refractivity contribution in [3.63, 3.8) is 0 Å². The lowest BCUT2D eigenvalue weighted by Crippen LogP contribution is -2.23. The van der Waals surface area contributed by atoms with Crippen molar-refractivity contribution in [2.45, 2.75) is 0 Å². The Morgan fingerprint density at radius 1 is 1.23 bits per heavy atom. The zero-order valence-electron chi connectivity index (χ0n) is 10.8. The molecule has 8 heteroatoms. The van der Waals surface area contributed by atoms with Crippen LogP contribution in [0.4, 0.5) is 14.5 Å². The monoisotopic (exact) mass is 322 g/mol. The van der Waals surface area contributed by atoms with Crippen molar-refractivity contribution in [1.29, 1.82) is 0 Å². The Hall–Kier alpha value is -2.74. The number of aromatic amines is 1. The van der Waals surface area contributed by atoms with Crippen LogP contribution in [-0.4, -0.2) is 16.0 Å². The fraction of sp³-hybridized carbons (Fsp3) is 0. The number of benzene rings is 1. The summed E-state index contributed by atoms with van der Waals surface area (Å²) >= 11 is 1.15. The molecule has 1 aromatic carbocycles. The highest BCUT2D eigenvalue weighted by Crippen LogP contribution is 2.29. The normalized spacial score (nSPS) is 10.8. The predicted molar refractivity (Wildman–Crippen MR) is 78.4 cm³/mol. The van der Waals surface area contributed by atoms with Crippen LogP contribution >= 0.6 is 11.3 Å². The number of anilines is 1. The summed E-state index contributed by atoms with van der Waals surface area (Å²) in [5.41, 5.74) is -1.06. The van der Waals surface area contributed by atoms with E-state index in [0.717, 1.165) is 23.5 Å². The van der Waals surface area contributed by atoms with E-state index in [2.05, 4.69) is 10.3 Å². The molecule has 0 aliphatic heterocycles. The molecule has 2 heterocycles. The molecule has 0 bridgehead atoms. The number of aromatic nitrogens is 1. The lowest BCUT2D eigenvalue weighted by atomic mass is 10.2. The molecule has 2 aromatic heterocycles. The average molecular weight is 322 g/mol. The number of amides is 1. The Kier molecular flexibility index (Phi) is 3.38. The zero-order chi connectivity index (χ0) is 15.9. The number of pyridine rings is 1. The first kappa shape index (κ1) is 14.2. The number of halogens is 2. The van der Waals surface area contributed by atoms with E-state index < -0.39 is 34.4 Å². The highest BCUT2D eigenvalue weighted by molar-refractivity contribution is 7.17. The lowest BCUT2D eigenvalue weighted by Gasteiger charge is -2.07. The van der Waals surface area contributed by atoms with Gasteiger partial charge in [-0.1, -0.05) is 0 Å². The van der Waals surface area contributed by atoms with Gasteiger partial charge in [-0.3, -0.25) is 9.59 Å². The van der Waals surface area contributed by atoms with E-state index in [9.17, 15) is 23.5 Å². The van der Waals surface area contributed by atoms with Crippen molar-refractivity contribution in [1.82, 2.24) is 4.98 Å². The molecular formula is C14H8F2N2O3S. The second-order valence-electron chi connectivity index (χ2n) is 4.45. The van der Waals surface area contributed by atoms with Crippen LogP contribution in [0.2, 0.25) is 0 Å². The van der Waals surface area contributed by atoms with Gasteiger partial charge in [-0.05, 0) is 23.6 Å². The minimum absolute atomic E-state index is 0.160. The van der Waals surface area contributed by atoms with Crippen LogP contribution in [-0.2, 0) is 0 Å². The van der Waals surface area contributed by atoms with E-state index in [0.29, 0.717) is 16.3 Å². The molecule has 0 saturated carbocycles. The summed E-state index contributed by atoms with van der Waals surface area (Å²) in [6.07, 6.45) is 0. The first-order chi connectivity index (χ1) is 10.5. The molecule has 3 aromatic rings. The number of hydrogen-bond acceptors (Lipinski definition) is 4. The van der Waals surface area contributed by atoms with Gasteiger partial charge < -0.3 is 15.4 Å². The Balaban J connectivity index is 2.03. The first-order valence-corrected chi connectivity index (χ1v) is 6.93. The molecular weight excluding hydrogens is 314 g/mol. The van der Waals surface area contributed by atoms with Crippen LogP contribution in [0.1, 0.15) is 10.4 Å². The van der Waals surface area contributed by atoms with E-state index >= 15 is 0 Å². The molecule has 0 aliphatic rings. The number of rotatable bonds is 2. The standard InChI is InChI=1S/C14H8F2N2O3S/c15-6-3-7(16)5-8(4-6)17-13(20)10-11(19)12-9(1-2-22-12)18-14(10)21/h1-5H,(H,17,20)(H2,18,19,21). The quantitative estimate of drug-likeness (QED) is 0.678. The molecule has 1 amide bonds. The Morgan fingerprint density at radius 3 is 2.59 bits per heavy atom. The van der Waals surface area contributed by atoms with Gasteiger partial charge in [0.05, 0.1) is 10.2 Å². The molecule has 5 nitrogen and oxygen atoms in total. The highest BCUT2D eigenvalue weighted by atomic mass is 32.1. The van der Waals surface area contributed by atoms with Gasteiger partial charge in [0.15, 0.2) is 5.75 Å². The zero-order valence-corrected chi connectivity index (χ0v) is 11.6. The molecule has 0 unspecified atom stereocenters. The van der Waals surface area contributed by atoms with Gasteiger partial charge >= 0.3 is 0 Å². The van der Waals surface area contributed by atoms with Crippen LogP contribution in [0.15, 0.2) is 34.4 Å². The van der Waals surface area contributed by atoms with Gasteiger partial charge in [-0.2, -0.15) is 0 Å². The summed E-state index contributed by atoms with van der Waals surface area (Å²) in [6, 6.07) is 4.04. The van der Waals surface area contributed by atoms with Crippen molar-refractivity contribution >= 4 is 33.1 Å². The van der Waals surface area contributed by atoms with Crippen molar-refractivity contribution in [2.24, 2.45) is 0 Å². The van der Waals surface area contributed by atoms with Crippen LogP contribution in [0, 0.1) is 11.6 Å². The third kappa shape index (κ3) is 2.44. The third-order valence-electron chi connectivity index (χ3n) is 2.94. The van der Waals surface area contributed by atoms with E-state index in [1.165, 1.54) is 0 Å². The average Bonchev–Trinajstić information content (AvgIpc) is 2.85. The smallest absolute Gasteiger partial charge is 0.265 e. The maximum Gasteiger partial charge on any atom is 0.265 e. The lowest BCUT2D eigenvalue weighted by molar-refractivity contribution is 0.102. The number of H-pyrrole nitrogens is 1. The second kappa shape index (κ2) is 5.23. The fourth-order valence-electron chi connectivity index (χ4n) is 2.03. The van der Waals surface area contributed by atoms with E-state index in [4.69, 9.17) is 0 Å². The van der Waals surface area contributed by atoms with E-state index in [1.807, 2.05) is 0 Å². The van der Waals surface area contributed by atoms with Crippen LogP contribution in [0.25, 0.3) is 10.2 Å². The van der Waals surface area contributed by atoms with Crippen molar-refractivity contribution in [3.05, 3.63) is 57.2 Å². The summed E-state index contributed by atoms with van der Waals surface area (Å²) in [4.78, 5) is 26.5. The first-order valence-electron chi connectivity index (χ1n) is 6.05. The molecule has 0 saturated heterocycles. The minimum atomic E-state index is -0.959. The number of aromatic hydroxyl groups is 1. The van der Waals surface area contributed by atoms with Crippen LogP contribution in [0.5, 0.6) is 5.75 Å². The van der Waals surface area contributed by atoms with Crippen LogP contribution in [0.3, 0.4) is 0 Å². The summed E-state index contributed by atoms with van der Waals surface area (Å²) in [5.74, 6) is -3.17. The predicted octanol–water partition coefficient (Wildman–Crippen LogP) is 2.83. The van der Waals surface area contributed by atoms with Gasteiger partial charge in [0.2, 0.25) is 0 Å². The molecule has 0 fully saturated rings. The van der Waals surface area contributed by atoms with Gasteiger partial charge in [0.1, 0.15) is 17.2 Å². The summed E-state index contributed by atoms with van der Waals surface area (Å²) in [7, 11) is 0. The molecule has 3 rings (SSSR count). The van der Waals surface area contributed by atoms with Gasteiger partial charge in [-0.15, -0.1) is 11.3 Å². The molecule has 3 N–H and O–H groups in total. The molecule has 0 radical (unpaired) electrons. The van der Waals surface area contributed by atoms with E-state index in [-0.39, 0.29) is 5.69 Å². The topological polar surface area (TPSA) is 82.2 Å². The number of nitrogens with one attached hydrogen (secondary N) is 2. The SMILES string of the molecule is O=C(Nc1cc(F)cc(F)c1)c1c(O)c2sccc2[nH]c1=O. The molecule has 22 heavy (non-hydrogen) atoms. The summed E-state index contributed by atoms with van der Waals surface area (Å²) in [5, 5.41) is 13.9. The van der Waals surface area contributed by atoms with Gasteiger partial charge in [0, 0.05) is 11.8 Å². The largest absolute Gasteiger partial charge is 0.505 e. The summed E-state index contributed by atoms with van der Waals surface area (Å²) in [6.45, 7) is 0. The number of thiophene rings is 1. The number of carbonyl (C=O) groups is 1. The molecule has 0 atom stereocenters. The van der Waals surface area contributed by atoms with Crippen molar-refractivity contribution in [2.75, 3.05) is 5.32 Å².